The number of nitrogens with one attached hydrogen (secondary N) is 1. The van der Waals surface area contributed by atoms with Gasteiger partial charge in [-0.3, -0.25) is 0 Å². The molecule has 0 aromatic rings. The molecule has 98 valence electrons. The molecule has 0 bridgehead atoms. The maximum absolute atomic E-state index is 5.56. The van der Waals surface area contributed by atoms with E-state index in [0.29, 0.717) is 12.1 Å². The zero-order chi connectivity index (χ0) is 12.2. The Kier molecular flexibility index (Phi) is 11.3. The summed E-state index contributed by atoms with van der Waals surface area (Å²) in [5, 5.41) is 3.40. The van der Waals surface area contributed by atoms with Crippen molar-refractivity contribution in [3.8, 4) is 0 Å². The maximum Gasteiger partial charge on any atom is 0.0724 e. The van der Waals surface area contributed by atoms with E-state index < -0.39 is 0 Å². The molecule has 2 nitrogen and oxygen atoms in total. The summed E-state index contributed by atoms with van der Waals surface area (Å²) in [7, 11) is 3.89. The predicted molar refractivity (Wildman–Crippen MR) is 71.9 cm³/mol. The average Bonchev–Trinajstić information content (AvgIpc) is 2.31. The first-order chi connectivity index (χ1) is 7.79. The van der Waals surface area contributed by atoms with E-state index in [-0.39, 0.29) is 0 Å². The highest BCUT2D eigenvalue weighted by Crippen LogP contribution is 2.14. The molecule has 0 heterocycles. The molecule has 2 unspecified atom stereocenters. The second kappa shape index (κ2) is 11.4. The van der Waals surface area contributed by atoms with Gasteiger partial charge in [0.25, 0.3) is 0 Å². The third-order valence-corrected chi connectivity index (χ3v) is 3.31. The first-order valence-electron chi connectivity index (χ1n) is 7.00. The first-order valence-corrected chi connectivity index (χ1v) is 7.00. The topological polar surface area (TPSA) is 21.3 Å². The van der Waals surface area contributed by atoms with Crippen molar-refractivity contribution in [1.29, 1.82) is 0 Å². The van der Waals surface area contributed by atoms with E-state index in [1.54, 1.807) is 0 Å². The summed E-state index contributed by atoms with van der Waals surface area (Å²) in [6, 6.07) is 0.534. The van der Waals surface area contributed by atoms with Crippen LogP contribution in [-0.4, -0.2) is 26.3 Å². The third-order valence-electron chi connectivity index (χ3n) is 3.31. The van der Waals surface area contributed by atoms with E-state index in [0.717, 1.165) is 6.42 Å². The van der Waals surface area contributed by atoms with Crippen LogP contribution in [0.15, 0.2) is 0 Å². The molecule has 0 aromatic heterocycles. The highest BCUT2D eigenvalue weighted by molar-refractivity contribution is 4.75. The second-order valence-corrected chi connectivity index (χ2v) is 4.66. The van der Waals surface area contributed by atoms with Crippen molar-refractivity contribution in [3.05, 3.63) is 0 Å². The van der Waals surface area contributed by atoms with E-state index in [1.807, 2.05) is 7.11 Å². The zero-order valence-electron chi connectivity index (χ0n) is 11.7. The predicted octanol–water partition coefficient (Wildman–Crippen LogP) is 3.75. The number of methoxy groups -OCH3 is 1. The number of ether oxygens (including phenoxy) is 1. The fraction of sp³-hybridized carbons (Fsp3) is 1.00. The summed E-state index contributed by atoms with van der Waals surface area (Å²) in [5.74, 6) is 0. The lowest BCUT2D eigenvalue weighted by Gasteiger charge is -2.25. The van der Waals surface area contributed by atoms with Crippen LogP contribution in [0.5, 0.6) is 0 Å². The van der Waals surface area contributed by atoms with Crippen molar-refractivity contribution in [2.24, 2.45) is 0 Å². The molecular weight excluding hydrogens is 198 g/mol. The van der Waals surface area contributed by atoms with Crippen molar-refractivity contribution < 1.29 is 4.74 Å². The Morgan fingerprint density at radius 2 is 1.62 bits per heavy atom. The van der Waals surface area contributed by atoms with Gasteiger partial charge in [0.05, 0.1) is 6.10 Å². The van der Waals surface area contributed by atoms with Crippen LogP contribution in [0.2, 0.25) is 0 Å². The van der Waals surface area contributed by atoms with Crippen molar-refractivity contribution in [3.63, 3.8) is 0 Å². The molecular formula is C14H31NO. The van der Waals surface area contributed by atoms with Gasteiger partial charge in [0.1, 0.15) is 0 Å². The van der Waals surface area contributed by atoms with Gasteiger partial charge in [0.2, 0.25) is 0 Å². The van der Waals surface area contributed by atoms with Gasteiger partial charge in [-0.25, -0.2) is 0 Å². The van der Waals surface area contributed by atoms with Gasteiger partial charge >= 0.3 is 0 Å². The molecule has 0 fully saturated rings. The monoisotopic (exact) mass is 229 g/mol. The lowest BCUT2D eigenvalue weighted by Crippen LogP contribution is -2.38. The molecule has 0 amide bonds. The molecule has 1 N–H and O–H groups in total. The van der Waals surface area contributed by atoms with Gasteiger partial charge in [-0.05, 0) is 19.9 Å². The first kappa shape index (κ1) is 15.9. The number of hydrogen-bond acceptors (Lipinski definition) is 2. The van der Waals surface area contributed by atoms with Crippen molar-refractivity contribution in [2.75, 3.05) is 14.2 Å². The minimum Gasteiger partial charge on any atom is -0.380 e. The fourth-order valence-corrected chi connectivity index (χ4v) is 2.25. The Hall–Kier alpha value is -0.0800. The molecule has 0 saturated carbocycles. The highest BCUT2D eigenvalue weighted by Gasteiger charge is 2.17. The minimum atomic E-state index is 0.390. The number of rotatable bonds is 11. The summed E-state index contributed by atoms with van der Waals surface area (Å²) in [6.07, 6.45) is 10.8. The van der Waals surface area contributed by atoms with Crippen molar-refractivity contribution in [2.45, 2.75) is 77.4 Å². The van der Waals surface area contributed by atoms with Crippen LogP contribution in [0.25, 0.3) is 0 Å². The summed E-state index contributed by atoms with van der Waals surface area (Å²) in [6.45, 7) is 4.48. The maximum atomic E-state index is 5.56. The van der Waals surface area contributed by atoms with Crippen LogP contribution in [0.3, 0.4) is 0 Å². The Bertz CT molecular complexity index is 139. The van der Waals surface area contributed by atoms with E-state index >= 15 is 0 Å². The lowest BCUT2D eigenvalue weighted by molar-refractivity contribution is 0.0597. The van der Waals surface area contributed by atoms with E-state index in [9.17, 15) is 0 Å². The molecule has 0 radical (unpaired) electrons. The van der Waals surface area contributed by atoms with Crippen molar-refractivity contribution in [1.82, 2.24) is 5.32 Å². The average molecular weight is 229 g/mol. The Balaban J connectivity index is 3.70. The summed E-state index contributed by atoms with van der Waals surface area (Å²) >= 11 is 0. The highest BCUT2D eigenvalue weighted by atomic mass is 16.5. The largest absolute Gasteiger partial charge is 0.380 e. The Morgan fingerprint density at radius 1 is 0.938 bits per heavy atom. The quantitative estimate of drug-likeness (QED) is 0.545. The zero-order valence-corrected chi connectivity index (χ0v) is 11.7. The Morgan fingerprint density at radius 3 is 2.12 bits per heavy atom. The molecule has 0 aromatic carbocycles. The third kappa shape index (κ3) is 7.24. The summed E-state index contributed by atoms with van der Waals surface area (Å²) < 4.78 is 5.56. The molecule has 2 heteroatoms. The van der Waals surface area contributed by atoms with Gasteiger partial charge in [0, 0.05) is 13.2 Å². The molecule has 0 spiro atoms. The summed E-state index contributed by atoms with van der Waals surface area (Å²) in [4.78, 5) is 0. The van der Waals surface area contributed by atoms with Gasteiger partial charge in [-0.15, -0.1) is 0 Å². The van der Waals surface area contributed by atoms with Gasteiger partial charge in [0.15, 0.2) is 0 Å². The smallest absolute Gasteiger partial charge is 0.0724 e. The second-order valence-electron chi connectivity index (χ2n) is 4.66. The van der Waals surface area contributed by atoms with Crippen LogP contribution in [0, 0.1) is 0 Å². The Labute approximate surface area is 102 Å². The number of unbranched alkanes of at least 4 members (excludes halogenated alkanes) is 4. The minimum absolute atomic E-state index is 0.390. The molecule has 16 heavy (non-hydrogen) atoms. The van der Waals surface area contributed by atoms with Gasteiger partial charge in [-0.1, -0.05) is 52.4 Å². The molecule has 0 aliphatic carbocycles. The van der Waals surface area contributed by atoms with Gasteiger partial charge in [-0.2, -0.15) is 0 Å². The van der Waals surface area contributed by atoms with Crippen molar-refractivity contribution >= 4 is 0 Å². The SMILES string of the molecule is CCCCCCCC(NC)C(CCC)OC. The van der Waals surface area contributed by atoms with Crippen LogP contribution in [-0.2, 0) is 4.74 Å². The van der Waals surface area contributed by atoms with Crippen LogP contribution < -0.4 is 5.32 Å². The standard InChI is InChI=1S/C14H31NO/c1-5-7-8-9-10-12-13(15-3)14(16-4)11-6-2/h13-15H,5-12H2,1-4H3. The molecule has 0 saturated heterocycles. The molecule has 0 aliphatic rings. The van der Waals surface area contributed by atoms with E-state index in [4.69, 9.17) is 4.74 Å². The number of likely N-dealkylation sites (N-methyl/N-ethyl adjacent to an activating group) is 1. The lowest BCUT2D eigenvalue weighted by atomic mass is 9.99. The van der Waals surface area contributed by atoms with E-state index in [1.165, 1.54) is 44.9 Å². The van der Waals surface area contributed by atoms with E-state index in [2.05, 4.69) is 26.2 Å². The van der Waals surface area contributed by atoms with Crippen LogP contribution in [0.1, 0.15) is 65.2 Å². The van der Waals surface area contributed by atoms with Crippen LogP contribution in [0.4, 0.5) is 0 Å². The fourth-order valence-electron chi connectivity index (χ4n) is 2.25. The normalized spacial score (nSPS) is 15.0. The summed E-state index contributed by atoms with van der Waals surface area (Å²) in [5.41, 5.74) is 0. The molecule has 0 rings (SSSR count). The van der Waals surface area contributed by atoms with Crippen LogP contribution >= 0.6 is 0 Å². The molecule has 2 atom stereocenters. The molecule has 0 aliphatic heterocycles. The van der Waals surface area contributed by atoms with Gasteiger partial charge < -0.3 is 10.1 Å². The number of hydrogen-bond donors (Lipinski definition) is 1.